The minimum Gasteiger partial charge on any atom is -0.488 e. The number of hydrogen-bond donors (Lipinski definition) is 0. The molecule has 1 fully saturated rings. The Hall–Kier alpha value is -3.62. The van der Waals surface area contributed by atoms with Gasteiger partial charge < -0.3 is 9.15 Å². The molecule has 3 aromatic carbocycles. The lowest BCUT2D eigenvalue weighted by Crippen LogP contribution is -2.28. The van der Waals surface area contributed by atoms with Crippen LogP contribution in [-0.2, 0) is 17.9 Å². The molecule has 0 N–H and O–H groups in total. The van der Waals surface area contributed by atoms with E-state index in [4.69, 9.17) is 14.1 Å². The van der Waals surface area contributed by atoms with Crippen LogP contribution in [0.15, 0.2) is 110 Å². The summed E-state index contributed by atoms with van der Waals surface area (Å²) < 4.78 is 25.5. The Kier molecular flexibility index (Phi) is 7.34. The molecule has 4 aromatic rings. The van der Waals surface area contributed by atoms with Gasteiger partial charge in [-0.2, -0.15) is 0 Å². The molecule has 1 aliphatic heterocycles. The van der Waals surface area contributed by atoms with Crippen molar-refractivity contribution in [3.8, 4) is 5.75 Å². The molecule has 0 spiro atoms. The number of thioether (sulfide) groups is 1. The van der Waals surface area contributed by atoms with E-state index in [1.165, 1.54) is 23.9 Å². The molecule has 1 saturated heterocycles. The number of benzene rings is 3. The molecule has 8 heteroatoms. The summed E-state index contributed by atoms with van der Waals surface area (Å²) in [6.45, 7) is 0.532. The highest BCUT2D eigenvalue weighted by Crippen LogP contribution is 2.36. The van der Waals surface area contributed by atoms with Crippen molar-refractivity contribution in [2.45, 2.75) is 13.2 Å². The van der Waals surface area contributed by atoms with E-state index < -0.39 is 0 Å². The first-order valence-corrected chi connectivity index (χ1v) is 12.7. The highest BCUT2D eigenvalue weighted by Gasteiger charge is 2.34. The van der Waals surface area contributed by atoms with Crippen molar-refractivity contribution in [1.29, 1.82) is 0 Å². The molecule has 36 heavy (non-hydrogen) atoms. The van der Waals surface area contributed by atoms with E-state index in [0.29, 0.717) is 28.1 Å². The van der Waals surface area contributed by atoms with Crippen molar-refractivity contribution < 1.29 is 18.3 Å². The number of ether oxygens (including phenoxy) is 1. The second-order valence-corrected chi connectivity index (χ2v) is 9.78. The number of nitrogens with zero attached hydrogens (tertiary/aromatic N) is 2. The van der Waals surface area contributed by atoms with Crippen LogP contribution in [0.4, 0.5) is 10.1 Å². The number of carbonyl (C=O) groups is 1. The van der Waals surface area contributed by atoms with Gasteiger partial charge in [0.15, 0.2) is 5.17 Å². The highest BCUT2D eigenvalue weighted by atomic mass is 79.9. The minimum absolute atomic E-state index is 0.145. The Balaban J connectivity index is 1.37. The van der Waals surface area contributed by atoms with Crippen molar-refractivity contribution in [2.75, 3.05) is 0 Å². The summed E-state index contributed by atoms with van der Waals surface area (Å²) in [6, 6.07) is 25.0. The summed E-state index contributed by atoms with van der Waals surface area (Å²) >= 11 is 4.86. The minimum atomic E-state index is -0.299. The first-order chi connectivity index (χ1) is 17.5. The van der Waals surface area contributed by atoms with Gasteiger partial charge in [0.1, 0.15) is 23.9 Å². The Bertz CT molecular complexity index is 1440. The van der Waals surface area contributed by atoms with Crippen LogP contribution in [-0.4, -0.2) is 16.0 Å². The Morgan fingerprint density at radius 3 is 2.64 bits per heavy atom. The summed E-state index contributed by atoms with van der Waals surface area (Å²) in [7, 11) is 0. The fourth-order valence-electron chi connectivity index (χ4n) is 3.57. The zero-order valence-electron chi connectivity index (χ0n) is 18.9. The molecule has 0 aliphatic carbocycles. The van der Waals surface area contributed by atoms with E-state index in [1.807, 2.05) is 66.7 Å². The lowest BCUT2D eigenvalue weighted by Gasteiger charge is -2.13. The summed E-state index contributed by atoms with van der Waals surface area (Å²) in [5, 5.41) is 0.586. The van der Waals surface area contributed by atoms with E-state index in [-0.39, 0.29) is 18.3 Å². The molecule has 0 bridgehead atoms. The van der Waals surface area contributed by atoms with E-state index in [9.17, 15) is 9.18 Å². The molecular weight excluding hydrogens is 543 g/mol. The summed E-state index contributed by atoms with van der Waals surface area (Å²) in [6.07, 6.45) is 3.42. The maximum absolute atomic E-state index is 13.4. The largest absolute Gasteiger partial charge is 0.488 e. The van der Waals surface area contributed by atoms with Gasteiger partial charge in [-0.3, -0.25) is 9.69 Å². The van der Waals surface area contributed by atoms with Gasteiger partial charge in [0.05, 0.1) is 27.9 Å². The van der Waals surface area contributed by atoms with Gasteiger partial charge in [-0.1, -0.05) is 36.4 Å². The molecule has 1 aliphatic rings. The fourth-order valence-corrected chi connectivity index (χ4v) is 5.07. The van der Waals surface area contributed by atoms with Gasteiger partial charge in [-0.15, -0.1) is 0 Å². The van der Waals surface area contributed by atoms with Crippen molar-refractivity contribution >= 4 is 50.5 Å². The SMILES string of the molecule is O=C1/C(=C/c2ccc(OCc3cccc(F)c3)c(Br)c2)SC(=Nc2ccccc2)N1Cc1ccco1. The van der Waals surface area contributed by atoms with Crippen molar-refractivity contribution in [3.05, 3.63) is 123 Å². The van der Waals surface area contributed by atoms with Gasteiger partial charge in [0.25, 0.3) is 5.91 Å². The smallest absolute Gasteiger partial charge is 0.267 e. The molecular formula is C28H20BrFN2O3S. The van der Waals surface area contributed by atoms with Crippen molar-refractivity contribution in [1.82, 2.24) is 4.90 Å². The number of para-hydroxylation sites is 1. The van der Waals surface area contributed by atoms with E-state index in [1.54, 1.807) is 23.3 Å². The number of carbonyl (C=O) groups excluding carboxylic acids is 1. The monoisotopic (exact) mass is 562 g/mol. The zero-order valence-corrected chi connectivity index (χ0v) is 21.3. The molecule has 2 heterocycles. The summed E-state index contributed by atoms with van der Waals surface area (Å²) in [5.74, 6) is 0.854. The molecule has 5 nitrogen and oxygen atoms in total. The van der Waals surface area contributed by atoms with Crippen molar-refractivity contribution in [3.63, 3.8) is 0 Å². The molecule has 0 unspecified atom stereocenters. The van der Waals surface area contributed by atoms with Crippen LogP contribution in [0.5, 0.6) is 5.75 Å². The molecule has 0 saturated carbocycles. The number of hydrogen-bond acceptors (Lipinski definition) is 5. The number of furan rings is 1. The second-order valence-electron chi connectivity index (χ2n) is 7.92. The van der Waals surface area contributed by atoms with Crippen LogP contribution >= 0.6 is 27.7 Å². The molecule has 0 atom stereocenters. The average molecular weight is 563 g/mol. The Morgan fingerprint density at radius 1 is 1.03 bits per heavy atom. The first kappa shape index (κ1) is 24.1. The topological polar surface area (TPSA) is 55.0 Å². The Labute approximate surface area is 220 Å². The van der Waals surface area contributed by atoms with E-state index >= 15 is 0 Å². The zero-order chi connectivity index (χ0) is 24.9. The standard InChI is InChI=1S/C28H20BrFN2O3S/c29-24-15-19(11-12-25(24)35-18-20-6-4-7-21(30)14-20)16-26-27(33)32(17-23-10-5-13-34-23)28(36-26)31-22-8-2-1-3-9-22/h1-16H,17-18H2/b26-16-,31-28?. The number of amides is 1. The van der Waals surface area contributed by atoms with Crippen LogP contribution < -0.4 is 4.74 Å². The quantitative estimate of drug-likeness (QED) is 0.218. The summed E-state index contributed by atoms with van der Waals surface area (Å²) in [4.78, 5) is 20.2. The third-order valence-corrected chi connectivity index (χ3v) is 6.93. The third-order valence-electron chi connectivity index (χ3n) is 5.30. The highest BCUT2D eigenvalue weighted by molar-refractivity contribution is 9.10. The predicted octanol–water partition coefficient (Wildman–Crippen LogP) is 7.56. The van der Waals surface area contributed by atoms with Crippen LogP contribution in [0.3, 0.4) is 0 Å². The van der Waals surface area contributed by atoms with E-state index in [0.717, 1.165) is 21.3 Å². The van der Waals surface area contributed by atoms with Gasteiger partial charge >= 0.3 is 0 Å². The summed E-state index contributed by atoms with van der Waals surface area (Å²) in [5.41, 5.74) is 2.33. The molecule has 1 amide bonds. The average Bonchev–Trinajstić information content (AvgIpc) is 3.49. The fraction of sp³-hybridized carbons (Fsp3) is 0.0714. The maximum atomic E-state index is 13.4. The number of aliphatic imine (C=N–C) groups is 1. The molecule has 0 radical (unpaired) electrons. The van der Waals surface area contributed by atoms with Crippen LogP contribution in [0.2, 0.25) is 0 Å². The lowest BCUT2D eigenvalue weighted by molar-refractivity contribution is -0.122. The second kappa shape index (κ2) is 11.0. The predicted molar refractivity (Wildman–Crippen MR) is 143 cm³/mol. The van der Waals surface area contributed by atoms with Crippen molar-refractivity contribution in [2.24, 2.45) is 4.99 Å². The van der Waals surface area contributed by atoms with Gasteiger partial charge in [-0.25, -0.2) is 9.38 Å². The van der Waals surface area contributed by atoms with Gasteiger partial charge in [0, 0.05) is 0 Å². The van der Waals surface area contributed by atoms with Gasteiger partial charge in [-0.05, 0) is 93.4 Å². The maximum Gasteiger partial charge on any atom is 0.267 e. The van der Waals surface area contributed by atoms with E-state index in [2.05, 4.69) is 15.9 Å². The van der Waals surface area contributed by atoms with Gasteiger partial charge in [0.2, 0.25) is 0 Å². The number of amidine groups is 1. The number of rotatable bonds is 7. The molecule has 1 aromatic heterocycles. The first-order valence-electron chi connectivity index (χ1n) is 11.1. The van der Waals surface area contributed by atoms with Crippen LogP contribution in [0.25, 0.3) is 6.08 Å². The number of halogens is 2. The normalized spacial score (nSPS) is 15.7. The lowest BCUT2D eigenvalue weighted by atomic mass is 10.2. The molecule has 180 valence electrons. The van der Waals surface area contributed by atoms with Crippen LogP contribution in [0.1, 0.15) is 16.9 Å². The third kappa shape index (κ3) is 5.78. The Morgan fingerprint density at radius 2 is 1.89 bits per heavy atom. The van der Waals surface area contributed by atoms with Crippen LogP contribution in [0, 0.1) is 5.82 Å². The molecule has 5 rings (SSSR count).